The molecule has 2 aromatic rings. The van der Waals surface area contributed by atoms with Gasteiger partial charge in [0.1, 0.15) is 0 Å². The smallest absolute Gasteiger partial charge is 0.174 e. The lowest BCUT2D eigenvalue weighted by molar-refractivity contribution is 0.266. The molecule has 0 amide bonds. The Morgan fingerprint density at radius 1 is 1.13 bits per heavy atom. The summed E-state index contributed by atoms with van der Waals surface area (Å²) in [5.41, 5.74) is 1.44. The third kappa shape index (κ3) is 5.13. The SMILES string of the molecule is c1ccc(C[C@H](NCCCc2nn[nH]n2)C2CCCCC2)cc1. The molecule has 0 unspecified atom stereocenters. The van der Waals surface area contributed by atoms with Crippen LogP contribution in [0.3, 0.4) is 0 Å². The number of hydrogen-bond donors (Lipinski definition) is 2. The lowest BCUT2D eigenvalue weighted by Crippen LogP contribution is -2.39. The monoisotopic (exact) mass is 313 g/mol. The van der Waals surface area contributed by atoms with Crippen LogP contribution in [0.5, 0.6) is 0 Å². The van der Waals surface area contributed by atoms with Crippen molar-refractivity contribution in [1.82, 2.24) is 25.9 Å². The van der Waals surface area contributed by atoms with E-state index in [1.165, 1.54) is 37.7 Å². The summed E-state index contributed by atoms with van der Waals surface area (Å²) in [5, 5.41) is 18.0. The zero-order valence-corrected chi connectivity index (χ0v) is 13.7. The molecule has 1 heterocycles. The summed E-state index contributed by atoms with van der Waals surface area (Å²) in [6.45, 7) is 1.02. The van der Waals surface area contributed by atoms with E-state index in [1.807, 2.05) is 0 Å². The largest absolute Gasteiger partial charge is 0.313 e. The fourth-order valence-electron chi connectivity index (χ4n) is 3.63. The molecule has 1 aromatic carbocycles. The average molecular weight is 313 g/mol. The van der Waals surface area contributed by atoms with E-state index in [2.05, 4.69) is 56.3 Å². The zero-order valence-electron chi connectivity index (χ0n) is 13.7. The van der Waals surface area contributed by atoms with Crippen LogP contribution >= 0.6 is 0 Å². The highest BCUT2D eigenvalue weighted by atomic mass is 15.5. The van der Waals surface area contributed by atoms with Gasteiger partial charge in [-0.25, -0.2) is 0 Å². The third-order valence-electron chi connectivity index (χ3n) is 4.89. The predicted molar refractivity (Wildman–Crippen MR) is 91.0 cm³/mol. The quantitative estimate of drug-likeness (QED) is 0.735. The number of hydrogen-bond acceptors (Lipinski definition) is 4. The van der Waals surface area contributed by atoms with Gasteiger partial charge in [-0.1, -0.05) is 54.8 Å². The van der Waals surface area contributed by atoms with Gasteiger partial charge in [0.2, 0.25) is 0 Å². The van der Waals surface area contributed by atoms with Crippen molar-refractivity contribution in [3.63, 3.8) is 0 Å². The molecule has 1 aromatic heterocycles. The van der Waals surface area contributed by atoms with Gasteiger partial charge in [0, 0.05) is 12.5 Å². The summed E-state index contributed by atoms with van der Waals surface area (Å²) in [4.78, 5) is 0. The molecular weight excluding hydrogens is 286 g/mol. The Bertz CT molecular complexity index is 534. The molecule has 2 N–H and O–H groups in total. The molecule has 5 nitrogen and oxygen atoms in total. The van der Waals surface area contributed by atoms with E-state index < -0.39 is 0 Å². The average Bonchev–Trinajstić information content (AvgIpc) is 3.13. The Hall–Kier alpha value is -1.75. The normalized spacial score (nSPS) is 17.2. The number of benzene rings is 1. The van der Waals surface area contributed by atoms with Crippen LogP contribution in [-0.4, -0.2) is 33.2 Å². The van der Waals surface area contributed by atoms with Gasteiger partial charge in [-0.05, 0) is 43.7 Å². The van der Waals surface area contributed by atoms with Crippen LogP contribution < -0.4 is 5.32 Å². The summed E-state index contributed by atoms with van der Waals surface area (Å²) in [6, 6.07) is 11.5. The lowest BCUT2D eigenvalue weighted by atomic mass is 9.81. The molecule has 0 radical (unpaired) electrons. The maximum Gasteiger partial charge on any atom is 0.174 e. The predicted octanol–water partition coefficient (Wildman–Crippen LogP) is 2.91. The summed E-state index contributed by atoms with van der Waals surface area (Å²) in [6.07, 6.45) is 10.00. The summed E-state index contributed by atoms with van der Waals surface area (Å²) in [5.74, 6) is 1.62. The van der Waals surface area contributed by atoms with Crippen molar-refractivity contribution < 1.29 is 0 Å². The first-order valence-electron chi connectivity index (χ1n) is 8.91. The Balaban J connectivity index is 1.51. The maximum absolute atomic E-state index is 4.02. The van der Waals surface area contributed by atoms with Crippen molar-refractivity contribution in [2.75, 3.05) is 6.54 Å². The third-order valence-corrected chi connectivity index (χ3v) is 4.89. The summed E-state index contributed by atoms with van der Waals surface area (Å²) in [7, 11) is 0. The Kier molecular flexibility index (Phi) is 6.15. The molecule has 1 aliphatic carbocycles. The second-order valence-electron chi connectivity index (χ2n) is 6.58. The maximum atomic E-state index is 4.02. The molecule has 0 saturated heterocycles. The minimum atomic E-state index is 0.586. The van der Waals surface area contributed by atoms with Crippen molar-refractivity contribution in [2.45, 2.75) is 57.4 Å². The number of rotatable bonds is 8. The molecule has 1 saturated carbocycles. The molecule has 0 bridgehead atoms. The highest BCUT2D eigenvalue weighted by Crippen LogP contribution is 2.28. The number of aryl methyl sites for hydroxylation is 1. The Labute approximate surface area is 138 Å². The van der Waals surface area contributed by atoms with E-state index in [0.717, 1.165) is 37.5 Å². The molecule has 1 fully saturated rings. The molecule has 124 valence electrons. The van der Waals surface area contributed by atoms with E-state index in [0.29, 0.717) is 6.04 Å². The van der Waals surface area contributed by atoms with Crippen LogP contribution in [0.4, 0.5) is 0 Å². The molecule has 1 aliphatic rings. The second kappa shape index (κ2) is 8.77. The number of nitrogens with one attached hydrogen (secondary N) is 2. The van der Waals surface area contributed by atoms with Gasteiger partial charge in [-0.3, -0.25) is 0 Å². The minimum Gasteiger partial charge on any atom is -0.313 e. The van der Waals surface area contributed by atoms with Crippen molar-refractivity contribution in [1.29, 1.82) is 0 Å². The van der Waals surface area contributed by atoms with Crippen molar-refractivity contribution in [3.05, 3.63) is 41.7 Å². The van der Waals surface area contributed by atoms with E-state index in [1.54, 1.807) is 0 Å². The molecule has 23 heavy (non-hydrogen) atoms. The number of H-pyrrole nitrogens is 1. The molecule has 0 aliphatic heterocycles. The minimum absolute atomic E-state index is 0.586. The van der Waals surface area contributed by atoms with Crippen LogP contribution in [0, 0.1) is 5.92 Å². The highest BCUT2D eigenvalue weighted by Gasteiger charge is 2.23. The first-order chi connectivity index (χ1) is 11.4. The van der Waals surface area contributed by atoms with Crippen LogP contribution in [-0.2, 0) is 12.8 Å². The first-order valence-corrected chi connectivity index (χ1v) is 8.91. The van der Waals surface area contributed by atoms with Crippen LogP contribution in [0.1, 0.15) is 49.9 Å². The zero-order chi connectivity index (χ0) is 15.7. The van der Waals surface area contributed by atoms with E-state index in [4.69, 9.17) is 0 Å². The van der Waals surface area contributed by atoms with Gasteiger partial charge < -0.3 is 5.32 Å². The van der Waals surface area contributed by atoms with Crippen molar-refractivity contribution in [2.24, 2.45) is 5.92 Å². The van der Waals surface area contributed by atoms with Gasteiger partial charge >= 0.3 is 0 Å². The van der Waals surface area contributed by atoms with Crippen LogP contribution in [0.2, 0.25) is 0 Å². The van der Waals surface area contributed by atoms with Crippen molar-refractivity contribution in [3.8, 4) is 0 Å². The van der Waals surface area contributed by atoms with Gasteiger partial charge in [0.15, 0.2) is 5.82 Å². The fourth-order valence-corrected chi connectivity index (χ4v) is 3.63. The first kappa shape index (κ1) is 16.1. The van der Waals surface area contributed by atoms with Gasteiger partial charge in [0.25, 0.3) is 0 Å². The van der Waals surface area contributed by atoms with E-state index in [9.17, 15) is 0 Å². The van der Waals surface area contributed by atoms with Crippen LogP contribution in [0.25, 0.3) is 0 Å². The summed E-state index contributed by atoms with van der Waals surface area (Å²) >= 11 is 0. The second-order valence-corrected chi connectivity index (χ2v) is 6.58. The topological polar surface area (TPSA) is 66.5 Å². The molecule has 0 spiro atoms. The molecule has 3 rings (SSSR count). The number of tetrazole rings is 1. The van der Waals surface area contributed by atoms with Gasteiger partial charge in [-0.2, -0.15) is 5.21 Å². The number of aromatic nitrogens is 4. The van der Waals surface area contributed by atoms with Gasteiger partial charge in [0.05, 0.1) is 0 Å². The standard InChI is InChI=1S/C18H27N5/c1-3-8-15(9-4-1)14-17(16-10-5-2-6-11-16)19-13-7-12-18-20-22-23-21-18/h1,3-4,8-9,16-17,19H,2,5-7,10-14H2,(H,20,21,22,23)/t17-/m0/s1. The summed E-state index contributed by atoms with van der Waals surface area (Å²) < 4.78 is 0. The molecule has 1 atom stereocenters. The van der Waals surface area contributed by atoms with Crippen LogP contribution in [0.15, 0.2) is 30.3 Å². The lowest BCUT2D eigenvalue weighted by Gasteiger charge is -2.31. The number of aromatic amines is 1. The fraction of sp³-hybridized carbons (Fsp3) is 0.611. The highest BCUT2D eigenvalue weighted by molar-refractivity contribution is 5.16. The number of nitrogens with zero attached hydrogens (tertiary/aromatic N) is 3. The van der Waals surface area contributed by atoms with E-state index in [-0.39, 0.29) is 0 Å². The van der Waals surface area contributed by atoms with Crippen molar-refractivity contribution >= 4 is 0 Å². The Morgan fingerprint density at radius 2 is 1.96 bits per heavy atom. The molecular formula is C18H27N5. The Morgan fingerprint density at radius 3 is 2.70 bits per heavy atom. The van der Waals surface area contributed by atoms with Gasteiger partial charge in [-0.15, -0.1) is 10.2 Å². The molecule has 5 heteroatoms. The van der Waals surface area contributed by atoms with E-state index >= 15 is 0 Å².